The first kappa shape index (κ1) is 17.5. The maximum atomic E-state index is 8.85. The summed E-state index contributed by atoms with van der Waals surface area (Å²) in [7, 11) is 0. The third-order valence-corrected chi connectivity index (χ3v) is 3.83. The molecule has 1 unspecified atom stereocenters. The van der Waals surface area contributed by atoms with Gasteiger partial charge in [0.2, 0.25) is 0 Å². The fourth-order valence-electron chi connectivity index (χ4n) is 2.10. The number of ether oxygens (including phenoxy) is 1. The van der Waals surface area contributed by atoms with Gasteiger partial charge in [-0.2, -0.15) is 0 Å². The molecule has 1 aromatic carbocycles. The number of aliphatic hydroxyl groups excluding tert-OH is 1. The number of hydrogen-bond acceptors (Lipinski definition) is 4. The van der Waals surface area contributed by atoms with Crippen LogP contribution >= 0.6 is 24.0 Å². The minimum atomic E-state index is -0.112. The van der Waals surface area contributed by atoms with Crippen LogP contribution in [0.1, 0.15) is 12.0 Å². The van der Waals surface area contributed by atoms with Gasteiger partial charge in [-0.1, -0.05) is 11.6 Å². The summed E-state index contributed by atoms with van der Waals surface area (Å²) in [6, 6.07) is 5.62. The second kappa shape index (κ2) is 8.05. The summed E-state index contributed by atoms with van der Waals surface area (Å²) in [5, 5.41) is 9.62. The number of benzene rings is 1. The van der Waals surface area contributed by atoms with Crippen LogP contribution in [0.3, 0.4) is 0 Å². The Bertz CT molecular complexity index is 426. The fourth-order valence-corrected chi connectivity index (χ4v) is 2.22. The van der Waals surface area contributed by atoms with Crippen LogP contribution in [0.25, 0.3) is 0 Å². The zero-order valence-electron chi connectivity index (χ0n) is 11.6. The van der Waals surface area contributed by atoms with E-state index < -0.39 is 0 Å². The Balaban J connectivity index is 0.00000200. The van der Waals surface area contributed by atoms with Gasteiger partial charge in [-0.25, -0.2) is 0 Å². The largest absolute Gasteiger partial charge is 0.488 e. The Hall–Kier alpha value is -0.520. The van der Waals surface area contributed by atoms with Crippen molar-refractivity contribution in [2.24, 2.45) is 5.73 Å². The summed E-state index contributed by atoms with van der Waals surface area (Å²) in [6.45, 7) is 4.78. The summed E-state index contributed by atoms with van der Waals surface area (Å²) in [6.07, 6.45) is 1.06. The van der Waals surface area contributed by atoms with Gasteiger partial charge in [0.25, 0.3) is 0 Å². The monoisotopic (exact) mass is 320 g/mol. The smallest absolute Gasteiger partial charge is 0.124 e. The van der Waals surface area contributed by atoms with Crippen molar-refractivity contribution in [3.63, 3.8) is 0 Å². The van der Waals surface area contributed by atoms with E-state index in [1.54, 1.807) is 0 Å². The molecule has 6 heteroatoms. The summed E-state index contributed by atoms with van der Waals surface area (Å²) >= 11 is 5.98. The van der Waals surface area contributed by atoms with Crippen LogP contribution in [0.4, 0.5) is 0 Å². The van der Waals surface area contributed by atoms with Crippen LogP contribution < -0.4 is 10.5 Å². The molecule has 4 nitrogen and oxygen atoms in total. The number of aliphatic hydroxyl groups is 1. The average Bonchev–Trinajstić information content (AvgIpc) is 2.35. The summed E-state index contributed by atoms with van der Waals surface area (Å²) in [5.41, 5.74) is 6.70. The Kier molecular flexibility index (Phi) is 7.06. The molecule has 0 aliphatic carbocycles. The van der Waals surface area contributed by atoms with Gasteiger partial charge >= 0.3 is 0 Å². The first-order valence-corrected chi connectivity index (χ1v) is 6.98. The van der Waals surface area contributed by atoms with E-state index in [0.29, 0.717) is 0 Å². The normalized spacial score (nSPS) is 17.2. The van der Waals surface area contributed by atoms with E-state index in [1.807, 2.05) is 25.1 Å². The molecule has 1 aliphatic heterocycles. The van der Waals surface area contributed by atoms with Crippen LogP contribution in [0.5, 0.6) is 5.75 Å². The highest BCUT2D eigenvalue weighted by Gasteiger charge is 2.28. The lowest BCUT2D eigenvalue weighted by Crippen LogP contribution is -2.54. The highest BCUT2D eigenvalue weighted by molar-refractivity contribution is 6.31. The highest BCUT2D eigenvalue weighted by atomic mass is 35.5. The summed E-state index contributed by atoms with van der Waals surface area (Å²) in [4.78, 5) is 2.28. The molecule has 0 amide bonds. The summed E-state index contributed by atoms with van der Waals surface area (Å²) in [5.74, 6) is 0.874. The number of halogens is 2. The van der Waals surface area contributed by atoms with Crippen LogP contribution in [0.15, 0.2) is 18.2 Å². The third kappa shape index (κ3) is 4.79. The number of hydrogen-bond donors (Lipinski definition) is 2. The van der Waals surface area contributed by atoms with E-state index in [-0.39, 0.29) is 31.2 Å². The third-order valence-electron chi connectivity index (χ3n) is 3.41. The lowest BCUT2D eigenvalue weighted by Gasteiger charge is -2.39. The molecule has 1 aromatic rings. The minimum absolute atomic E-state index is 0. The zero-order chi connectivity index (χ0) is 13.8. The molecule has 0 bridgehead atoms. The van der Waals surface area contributed by atoms with Crippen LogP contribution in [0.2, 0.25) is 5.02 Å². The van der Waals surface area contributed by atoms with Crippen LogP contribution in [-0.4, -0.2) is 48.4 Å². The number of rotatable bonds is 6. The molecule has 1 fully saturated rings. The number of likely N-dealkylation sites (tertiary alicyclic amines) is 1. The fraction of sp³-hybridized carbons (Fsp3) is 0.571. The predicted octanol–water partition coefficient (Wildman–Crippen LogP) is 1.84. The van der Waals surface area contributed by atoms with Gasteiger partial charge in [-0.05, 0) is 37.1 Å². The van der Waals surface area contributed by atoms with Crippen LogP contribution in [-0.2, 0) is 0 Å². The van der Waals surface area contributed by atoms with Crippen LogP contribution in [0, 0.1) is 6.92 Å². The Morgan fingerprint density at radius 3 is 2.80 bits per heavy atom. The standard InChI is InChI=1S/C14H21ClN2O2.ClH/c1-10-6-12(2-3-14(10)15)19-13-7-17(8-13)5-4-11(16)9-18;/h2-3,6,11,13,18H,4-5,7-9,16H2,1H3;1H. The summed E-state index contributed by atoms with van der Waals surface area (Å²) < 4.78 is 5.87. The minimum Gasteiger partial charge on any atom is -0.488 e. The highest BCUT2D eigenvalue weighted by Crippen LogP contribution is 2.23. The van der Waals surface area contributed by atoms with E-state index in [0.717, 1.165) is 42.4 Å². The number of nitrogens with two attached hydrogens (primary N) is 1. The zero-order valence-corrected chi connectivity index (χ0v) is 13.2. The molecule has 114 valence electrons. The van der Waals surface area contributed by atoms with Crippen molar-refractivity contribution in [2.75, 3.05) is 26.2 Å². The first-order valence-electron chi connectivity index (χ1n) is 6.60. The molecule has 0 saturated carbocycles. The van der Waals surface area contributed by atoms with Crippen molar-refractivity contribution >= 4 is 24.0 Å². The molecule has 0 aromatic heterocycles. The number of aryl methyl sites for hydroxylation is 1. The number of nitrogens with zero attached hydrogens (tertiary/aromatic N) is 1. The topological polar surface area (TPSA) is 58.7 Å². The van der Waals surface area contributed by atoms with E-state index in [4.69, 9.17) is 27.2 Å². The Morgan fingerprint density at radius 2 is 2.20 bits per heavy atom. The molecule has 1 heterocycles. The Morgan fingerprint density at radius 1 is 1.50 bits per heavy atom. The van der Waals surface area contributed by atoms with Gasteiger partial charge in [0.15, 0.2) is 0 Å². The lowest BCUT2D eigenvalue weighted by atomic mass is 10.1. The molecule has 0 radical (unpaired) electrons. The average molecular weight is 321 g/mol. The van der Waals surface area contributed by atoms with E-state index in [1.165, 1.54) is 0 Å². The Labute approximate surface area is 131 Å². The molecule has 1 saturated heterocycles. The van der Waals surface area contributed by atoms with Gasteiger partial charge < -0.3 is 15.6 Å². The van der Waals surface area contributed by atoms with Gasteiger partial charge in [0.1, 0.15) is 11.9 Å². The van der Waals surface area contributed by atoms with E-state index in [2.05, 4.69) is 4.90 Å². The lowest BCUT2D eigenvalue weighted by molar-refractivity contribution is 0.0174. The molecular formula is C14H22Cl2N2O2. The van der Waals surface area contributed by atoms with Crippen molar-refractivity contribution in [3.05, 3.63) is 28.8 Å². The second-order valence-electron chi connectivity index (χ2n) is 5.14. The molecule has 0 spiro atoms. The molecular weight excluding hydrogens is 299 g/mol. The van der Waals surface area contributed by atoms with E-state index >= 15 is 0 Å². The van der Waals surface area contributed by atoms with E-state index in [9.17, 15) is 0 Å². The maximum Gasteiger partial charge on any atom is 0.124 e. The van der Waals surface area contributed by atoms with Crippen molar-refractivity contribution < 1.29 is 9.84 Å². The van der Waals surface area contributed by atoms with Crippen molar-refractivity contribution in [1.82, 2.24) is 4.90 Å². The van der Waals surface area contributed by atoms with Gasteiger partial charge in [-0.15, -0.1) is 12.4 Å². The van der Waals surface area contributed by atoms with Gasteiger partial charge in [-0.3, -0.25) is 4.90 Å². The predicted molar refractivity (Wildman–Crippen MR) is 84.0 cm³/mol. The molecule has 1 aliphatic rings. The van der Waals surface area contributed by atoms with Gasteiger partial charge in [0, 0.05) is 30.7 Å². The van der Waals surface area contributed by atoms with Crippen molar-refractivity contribution in [3.8, 4) is 5.75 Å². The van der Waals surface area contributed by atoms with Crippen molar-refractivity contribution in [1.29, 1.82) is 0 Å². The SMILES string of the molecule is Cc1cc(OC2CN(CCC(N)CO)C2)ccc1Cl.Cl. The molecule has 3 N–H and O–H groups in total. The first-order chi connectivity index (χ1) is 9.08. The van der Waals surface area contributed by atoms with Gasteiger partial charge in [0.05, 0.1) is 6.61 Å². The van der Waals surface area contributed by atoms with Crippen molar-refractivity contribution in [2.45, 2.75) is 25.5 Å². The quantitative estimate of drug-likeness (QED) is 0.839. The molecule has 1 atom stereocenters. The molecule has 20 heavy (non-hydrogen) atoms. The maximum absolute atomic E-state index is 8.85. The second-order valence-corrected chi connectivity index (χ2v) is 5.55. The molecule has 2 rings (SSSR count).